The van der Waals surface area contributed by atoms with Gasteiger partial charge in [-0.1, -0.05) is 54.6 Å². The number of benzene rings is 2. The summed E-state index contributed by atoms with van der Waals surface area (Å²) in [5.74, 6) is 0.00553. The Labute approximate surface area is 194 Å². The Balaban J connectivity index is 1.43. The zero-order chi connectivity index (χ0) is 22.3. The molecule has 0 aliphatic carbocycles. The molecule has 2 aromatic carbocycles. The molecule has 0 saturated heterocycles. The highest BCUT2D eigenvalue weighted by Gasteiger charge is 2.22. The molecule has 0 aliphatic rings. The van der Waals surface area contributed by atoms with Gasteiger partial charge in [0.05, 0.1) is 17.1 Å². The lowest BCUT2D eigenvalue weighted by Crippen LogP contribution is -2.15. The van der Waals surface area contributed by atoms with Crippen LogP contribution >= 0.6 is 23.1 Å². The number of amides is 1. The maximum atomic E-state index is 12.6. The number of hydrogen-bond acceptors (Lipinski definition) is 6. The number of esters is 1. The maximum Gasteiger partial charge on any atom is 0.341 e. The van der Waals surface area contributed by atoms with E-state index in [2.05, 4.69) is 10.3 Å². The molecule has 0 bridgehead atoms. The highest BCUT2D eigenvalue weighted by Crippen LogP contribution is 2.36. The van der Waals surface area contributed by atoms with Crippen LogP contribution in [-0.4, -0.2) is 29.2 Å². The third-order valence-electron chi connectivity index (χ3n) is 4.76. The van der Waals surface area contributed by atoms with Gasteiger partial charge in [0.25, 0.3) is 0 Å². The number of aromatic nitrogens is 1. The lowest BCUT2D eigenvalue weighted by atomic mass is 10.0. The monoisotopic (exact) mass is 462 g/mol. The summed E-state index contributed by atoms with van der Waals surface area (Å²) < 4.78 is 5.25. The van der Waals surface area contributed by atoms with Crippen molar-refractivity contribution in [1.29, 1.82) is 0 Å². The van der Waals surface area contributed by atoms with E-state index in [-0.39, 0.29) is 12.5 Å². The Bertz CT molecular complexity index is 1240. The van der Waals surface area contributed by atoms with Crippen LogP contribution in [-0.2, 0) is 9.53 Å². The number of thiophene rings is 1. The van der Waals surface area contributed by atoms with Crippen LogP contribution in [0.4, 0.5) is 5.00 Å². The first-order chi connectivity index (χ1) is 15.7. The molecule has 0 atom stereocenters. The summed E-state index contributed by atoms with van der Waals surface area (Å²) in [7, 11) is 0. The van der Waals surface area contributed by atoms with E-state index in [1.54, 1.807) is 6.92 Å². The minimum atomic E-state index is -0.433. The molecule has 0 fully saturated rings. The van der Waals surface area contributed by atoms with Gasteiger partial charge in [0.15, 0.2) is 0 Å². The molecule has 5 nitrogen and oxygen atoms in total. The largest absolute Gasteiger partial charge is 0.462 e. The number of ether oxygens (including phenoxy) is 1. The Hall–Kier alpha value is -3.16. The predicted molar refractivity (Wildman–Crippen MR) is 131 cm³/mol. The molecule has 162 valence electrons. The van der Waals surface area contributed by atoms with Crippen molar-refractivity contribution in [2.45, 2.75) is 18.4 Å². The first-order valence-corrected chi connectivity index (χ1v) is 12.1. The summed E-state index contributed by atoms with van der Waals surface area (Å²) in [4.78, 5) is 29.9. The van der Waals surface area contributed by atoms with Gasteiger partial charge in [0.1, 0.15) is 10.6 Å². The van der Waals surface area contributed by atoms with Crippen LogP contribution in [0.3, 0.4) is 0 Å². The summed E-state index contributed by atoms with van der Waals surface area (Å²) in [6.07, 6.45) is 0.306. The average molecular weight is 463 g/mol. The molecule has 0 unspecified atom stereocenters. The van der Waals surface area contributed by atoms with Gasteiger partial charge in [-0.2, -0.15) is 0 Å². The summed E-state index contributed by atoms with van der Waals surface area (Å²) in [5, 5.41) is 7.27. The Morgan fingerprint density at radius 3 is 2.62 bits per heavy atom. The van der Waals surface area contributed by atoms with E-state index in [0.29, 0.717) is 22.7 Å². The number of carbonyl (C=O) groups is 2. The number of thioether (sulfide) groups is 1. The van der Waals surface area contributed by atoms with Gasteiger partial charge in [0.2, 0.25) is 5.91 Å². The molecule has 2 heterocycles. The van der Waals surface area contributed by atoms with Crippen molar-refractivity contribution in [3.05, 3.63) is 77.7 Å². The molecule has 7 heteroatoms. The number of nitrogens with zero attached hydrogens (tertiary/aromatic N) is 1. The predicted octanol–water partition coefficient (Wildman–Crippen LogP) is 6.26. The van der Waals surface area contributed by atoms with Crippen LogP contribution in [0.15, 0.2) is 77.1 Å². The van der Waals surface area contributed by atoms with Crippen molar-refractivity contribution in [3.63, 3.8) is 0 Å². The molecule has 4 rings (SSSR count). The lowest BCUT2D eigenvalue weighted by molar-refractivity contribution is -0.115. The number of fused-ring (bicyclic) bond motifs is 1. The fourth-order valence-corrected chi connectivity index (χ4v) is 5.05. The molecular formula is C25H22N2O3S2. The second-order valence-corrected chi connectivity index (χ2v) is 8.92. The van der Waals surface area contributed by atoms with Crippen LogP contribution < -0.4 is 5.32 Å². The molecule has 0 spiro atoms. The second kappa shape index (κ2) is 10.4. The van der Waals surface area contributed by atoms with E-state index in [4.69, 9.17) is 4.74 Å². The van der Waals surface area contributed by atoms with Crippen LogP contribution in [0.2, 0.25) is 0 Å². The quantitative estimate of drug-likeness (QED) is 0.247. The number of hydrogen-bond donors (Lipinski definition) is 1. The minimum Gasteiger partial charge on any atom is -0.462 e. The smallest absolute Gasteiger partial charge is 0.341 e. The van der Waals surface area contributed by atoms with Gasteiger partial charge in [0, 0.05) is 28.5 Å². The van der Waals surface area contributed by atoms with Crippen LogP contribution in [0, 0.1) is 0 Å². The van der Waals surface area contributed by atoms with Crippen molar-refractivity contribution in [3.8, 4) is 11.1 Å². The van der Waals surface area contributed by atoms with E-state index in [1.165, 1.54) is 23.1 Å². The summed E-state index contributed by atoms with van der Waals surface area (Å²) >= 11 is 2.87. The van der Waals surface area contributed by atoms with Crippen molar-refractivity contribution >= 4 is 50.9 Å². The molecule has 4 aromatic rings. The second-order valence-electron chi connectivity index (χ2n) is 6.93. The van der Waals surface area contributed by atoms with Crippen molar-refractivity contribution in [2.75, 3.05) is 17.7 Å². The molecule has 0 radical (unpaired) electrons. The fourth-order valence-electron chi connectivity index (χ4n) is 3.25. The van der Waals surface area contributed by atoms with Crippen LogP contribution in [0.1, 0.15) is 23.7 Å². The molecule has 0 aliphatic heterocycles. The van der Waals surface area contributed by atoms with Gasteiger partial charge in [-0.3, -0.25) is 4.79 Å². The van der Waals surface area contributed by atoms with Gasteiger partial charge in [-0.25, -0.2) is 9.78 Å². The Morgan fingerprint density at radius 2 is 1.81 bits per heavy atom. The number of anilines is 1. The SMILES string of the molecule is CCOC(=O)c1c(-c2ccccc2)csc1NC(=O)CCSc1ccc2ccccc2n1. The van der Waals surface area contributed by atoms with Crippen LogP contribution in [0.25, 0.3) is 22.0 Å². The molecule has 32 heavy (non-hydrogen) atoms. The summed E-state index contributed by atoms with van der Waals surface area (Å²) in [5.41, 5.74) is 3.01. The highest BCUT2D eigenvalue weighted by atomic mass is 32.2. The fraction of sp³-hybridized carbons (Fsp3) is 0.160. The number of rotatable bonds is 8. The van der Waals surface area contributed by atoms with Crippen molar-refractivity contribution < 1.29 is 14.3 Å². The lowest BCUT2D eigenvalue weighted by Gasteiger charge is -2.09. The zero-order valence-electron chi connectivity index (χ0n) is 17.5. The molecule has 1 N–H and O–H groups in total. The van der Waals surface area contributed by atoms with Gasteiger partial charge in [-0.15, -0.1) is 23.1 Å². The van der Waals surface area contributed by atoms with Gasteiger partial charge >= 0.3 is 5.97 Å². The number of carbonyl (C=O) groups excluding carboxylic acids is 2. The highest BCUT2D eigenvalue weighted by molar-refractivity contribution is 7.99. The number of nitrogens with one attached hydrogen (secondary N) is 1. The average Bonchev–Trinajstić information content (AvgIpc) is 3.23. The normalized spacial score (nSPS) is 10.8. The van der Waals surface area contributed by atoms with E-state index in [1.807, 2.05) is 72.1 Å². The summed E-state index contributed by atoms with van der Waals surface area (Å²) in [6, 6.07) is 21.6. The number of para-hydroxylation sites is 1. The molecular weight excluding hydrogens is 440 g/mol. The Kier molecular flexibility index (Phi) is 7.19. The van der Waals surface area contributed by atoms with Crippen molar-refractivity contribution in [2.24, 2.45) is 0 Å². The minimum absolute atomic E-state index is 0.148. The summed E-state index contributed by atoms with van der Waals surface area (Å²) in [6.45, 7) is 2.04. The van der Waals surface area contributed by atoms with E-state index in [0.717, 1.165) is 27.1 Å². The first kappa shape index (κ1) is 22.0. The first-order valence-electron chi connectivity index (χ1n) is 10.3. The standard InChI is InChI=1S/C25H22N2O3S2/c1-2-30-25(29)23-19(17-8-4-3-5-9-17)16-32-24(23)27-21(28)14-15-31-22-13-12-18-10-6-7-11-20(18)26-22/h3-13,16H,2,14-15H2,1H3,(H,27,28). The number of pyridine rings is 1. The molecule has 2 aromatic heterocycles. The van der Waals surface area contributed by atoms with Gasteiger partial charge in [-0.05, 0) is 24.6 Å². The third kappa shape index (κ3) is 5.18. The topological polar surface area (TPSA) is 68.3 Å². The van der Waals surface area contributed by atoms with E-state index in [9.17, 15) is 9.59 Å². The Morgan fingerprint density at radius 1 is 1.03 bits per heavy atom. The van der Waals surface area contributed by atoms with E-state index >= 15 is 0 Å². The van der Waals surface area contributed by atoms with Crippen LogP contribution in [0.5, 0.6) is 0 Å². The molecule has 0 saturated carbocycles. The van der Waals surface area contributed by atoms with E-state index < -0.39 is 5.97 Å². The van der Waals surface area contributed by atoms with Gasteiger partial charge < -0.3 is 10.1 Å². The third-order valence-corrected chi connectivity index (χ3v) is 6.59. The molecule has 1 amide bonds. The van der Waals surface area contributed by atoms with Crippen molar-refractivity contribution in [1.82, 2.24) is 4.98 Å². The maximum absolute atomic E-state index is 12.6. The zero-order valence-corrected chi connectivity index (χ0v) is 19.2.